The van der Waals surface area contributed by atoms with Crippen LogP contribution in [-0.2, 0) is 4.79 Å². The maximum atomic E-state index is 11.8. The molecular weight excluding hydrogens is 254 g/mol. The molecule has 0 fully saturated rings. The lowest BCUT2D eigenvalue weighted by molar-refractivity contribution is -0.118. The third-order valence-corrected chi connectivity index (χ3v) is 2.83. The van der Waals surface area contributed by atoms with Gasteiger partial charge in [0.1, 0.15) is 11.6 Å². The van der Waals surface area contributed by atoms with E-state index < -0.39 is 0 Å². The van der Waals surface area contributed by atoms with Crippen molar-refractivity contribution >= 4 is 17.4 Å². The van der Waals surface area contributed by atoms with E-state index in [0.717, 1.165) is 16.9 Å². The second kappa shape index (κ2) is 6.06. The number of nitrogens with zero attached hydrogens (tertiary/aromatic N) is 1. The van der Waals surface area contributed by atoms with E-state index in [9.17, 15) is 4.79 Å². The van der Waals surface area contributed by atoms with Crippen molar-refractivity contribution < 1.29 is 9.53 Å². The lowest BCUT2D eigenvalue weighted by Crippen LogP contribution is -2.20. The number of nitrogens with two attached hydrogens (primary N) is 1. The van der Waals surface area contributed by atoms with Gasteiger partial charge in [0.05, 0.1) is 11.9 Å². The molecule has 0 saturated heterocycles. The van der Waals surface area contributed by atoms with Crippen LogP contribution in [0.25, 0.3) is 0 Å². The number of aromatic nitrogens is 1. The van der Waals surface area contributed by atoms with Gasteiger partial charge in [-0.3, -0.25) is 4.79 Å². The molecule has 2 rings (SSSR count). The number of nitrogens with one attached hydrogen (secondary N) is 1. The van der Waals surface area contributed by atoms with Crippen LogP contribution in [-0.4, -0.2) is 17.5 Å². The number of hydrogen-bond acceptors (Lipinski definition) is 4. The minimum absolute atomic E-state index is 0.0456. The maximum absolute atomic E-state index is 11.8. The molecule has 104 valence electrons. The van der Waals surface area contributed by atoms with E-state index in [2.05, 4.69) is 10.3 Å². The van der Waals surface area contributed by atoms with Crippen LogP contribution in [0.3, 0.4) is 0 Å². The lowest BCUT2D eigenvalue weighted by atomic mass is 10.1. The van der Waals surface area contributed by atoms with Gasteiger partial charge in [0.2, 0.25) is 0 Å². The molecule has 1 aromatic carbocycles. The Morgan fingerprint density at radius 1 is 1.25 bits per heavy atom. The predicted octanol–water partition coefficient (Wildman–Crippen LogP) is 2.30. The molecule has 5 heteroatoms. The summed E-state index contributed by atoms with van der Waals surface area (Å²) in [6, 6.07) is 9.17. The largest absolute Gasteiger partial charge is 0.483 e. The molecule has 0 aliphatic carbocycles. The highest BCUT2D eigenvalue weighted by Crippen LogP contribution is 2.22. The Hall–Kier alpha value is -2.56. The SMILES string of the molecule is Cc1cccc(C)c1OCC(=O)Nc1ccc(N)nc1. The van der Waals surface area contributed by atoms with Gasteiger partial charge in [0.15, 0.2) is 6.61 Å². The van der Waals surface area contributed by atoms with Crippen LogP contribution in [0.2, 0.25) is 0 Å². The molecule has 0 spiro atoms. The average molecular weight is 271 g/mol. The van der Waals surface area contributed by atoms with Gasteiger partial charge in [-0.15, -0.1) is 0 Å². The summed E-state index contributed by atoms with van der Waals surface area (Å²) in [7, 11) is 0. The van der Waals surface area contributed by atoms with Gasteiger partial charge in [0.25, 0.3) is 5.91 Å². The van der Waals surface area contributed by atoms with Crippen LogP contribution in [0, 0.1) is 13.8 Å². The Morgan fingerprint density at radius 2 is 1.95 bits per heavy atom. The molecule has 0 atom stereocenters. The van der Waals surface area contributed by atoms with Crippen LogP contribution >= 0.6 is 0 Å². The normalized spacial score (nSPS) is 10.1. The summed E-state index contributed by atoms with van der Waals surface area (Å²) in [6.45, 7) is 3.85. The Kier molecular flexibility index (Phi) is 4.20. The highest BCUT2D eigenvalue weighted by atomic mass is 16.5. The smallest absolute Gasteiger partial charge is 0.262 e. The average Bonchev–Trinajstić information content (AvgIpc) is 2.41. The first kappa shape index (κ1) is 13.9. The van der Waals surface area contributed by atoms with Crippen molar-refractivity contribution in [3.8, 4) is 5.75 Å². The molecule has 1 aromatic heterocycles. The second-order valence-corrected chi connectivity index (χ2v) is 4.53. The summed E-state index contributed by atoms with van der Waals surface area (Å²) in [4.78, 5) is 15.7. The molecule has 20 heavy (non-hydrogen) atoms. The number of pyridine rings is 1. The molecule has 0 unspecified atom stereocenters. The first-order valence-electron chi connectivity index (χ1n) is 6.26. The third-order valence-electron chi connectivity index (χ3n) is 2.83. The van der Waals surface area contributed by atoms with Crippen LogP contribution < -0.4 is 15.8 Å². The number of aryl methyl sites for hydroxylation is 2. The number of nitrogen functional groups attached to an aromatic ring is 1. The fraction of sp³-hybridized carbons (Fsp3) is 0.200. The Morgan fingerprint density at radius 3 is 2.55 bits per heavy atom. The minimum Gasteiger partial charge on any atom is -0.483 e. The van der Waals surface area contributed by atoms with E-state index in [1.165, 1.54) is 6.20 Å². The predicted molar refractivity (Wildman–Crippen MR) is 78.7 cm³/mol. The van der Waals surface area contributed by atoms with Crippen molar-refractivity contribution in [2.75, 3.05) is 17.7 Å². The highest BCUT2D eigenvalue weighted by molar-refractivity contribution is 5.91. The number of hydrogen-bond donors (Lipinski definition) is 2. The van der Waals surface area contributed by atoms with Crippen LogP contribution in [0.4, 0.5) is 11.5 Å². The van der Waals surface area contributed by atoms with E-state index in [4.69, 9.17) is 10.5 Å². The Labute approximate surface area is 117 Å². The van der Waals surface area contributed by atoms with Crippen molar-refractivity contribution in [2.24, 2.45) is 0 Å². The van der Waals surface area contributed by atoms with Crippen molar-refractivity contribution in [3.05, 3.63) is 47.7 Å². The molecule has 2 aromatic rings. The second-order valence-electron chi connectivity index (χ2n) is 4.53. The number of rotatable bonds is 4. The summed E-state index contributed by atoms with van der Waals surface area (Å²) in [5, 5.41) is 2.70. The van der Waals surface area contributed by atoms with Crippen molar-refractivity contribution in [1.82, 2.24) is 4.98 Å². The number of benzene rings is 1. The van der Waals surface area contributed by atoms with Crippen molar-refractivity contribution in [2.45, 2.75) is 13.8 Å². The fourth-order valence-electron chi connectivity index (χ4n) is 1.84. The summed E-state index contributed by atoms with van der Waals surface area (Å²) >= 11 is 0. The van der Waals surface area contributed by atoms with Gasteiger partial charge in [-0.2, -0.15) is 0 Å². The summed E-state index contributed by atoms with van der Waals surface area (Å²) in [5.41, 5.74) is 8.08. The van der Waals surface area contributed by atoms with E-state index in [1.54, 1.807) is 12.1 Å². The maximum Gasteiger partial charge on any atom is 0.262 e. The summed E-state index contributed by atoms with van der Waals surface area (Å²) in [5.74, 6) is 0.923. The molecule has 0 saturated carbocycles. The number of carbonyl (C=O) groups is 1. The van der Waals surface area contributed by atoms with Crippen molar-refractivity contribution in [3.63, 3.8) is 0 Å². The molecule has 0 bridgehead atoms. The van der Waals surface area contributed by atoms with E-state index >= 15 is 0 Å². The zero-order valence-electron chi connectivity index (χ0n) is 11.5. The monoisotopic (exact) mass is 271 g/mol. The number of ether oxygens (including phenoxy) is 1. The van der Waals surface area contributed by atoms with Gasteiger partial charge >= 0.3 is 0 Å². The zero-order valence-corrected chi connectivity index (χ0v) is 11.5. The van der Waals surface area contributed by atoms with E-state index in [1.807, 2.05) is 32.0 Å². The highest BCUT2D eigenvalue weighted by Gasteiger charge is 2.07. The number of para-hydroxylation sites is 1. The molecule has 0 aliphatic heterocycles. The van der Waals surface area contributed by atoms with Gasteiger partial charge in [-0.1, -0.05) is 18.2 Å². The topological polar surface area (TPSA) is 77.2 Å². The molecule has 3 N–H and O–H groups in total. The number of anilines is 2. The first-order valence-corrected chi connectivity index (χ1v) is 6.26. The third kappa shape index (κ3) is 3.47. The zero-order chi connectivity index (χ0) is 14.5. The number of carbonyl (C=O) groups excluding carboxylic acids is 1. The van der Waals surface area contributed by atoms with Crippen LogP contribution in [0.5, 0.6) is 5.75 Å². The Bertz CT molecular complexity index is 589. The minimum atomic E-state index is -0.237. The van der Waals surface area contributed by atoms with Crippen LogP contribution in [0.15, 0.2) is 36.5 Å². The molecule has 0 aliphatic rings. The van der Waals surface area contributed by atoms with Gasteiger partial charge in [-0.25, -0.2) is 4.98 Å². The number of amides is 1. The van der Waals surface area contributed by atoms with Gasteiger partial charge < -0.3 is 15.8 Å². The summed E-state index contributed by atoms with van der Waals surface area (Å²) < 4.78 is 5.57. The first-order chi connectivity index (χ1) is 9.56. The lowest BCUT2D eigenvalue weighted by Gasteiger charge is -2.11. The summed E-state index contributed by atoms with van der Waals surface area (Å²) in [6.07, 6.45) is 1.51. The molecule has 1 amide bonds. The standard InChI is InChI=1S/C15H17N3O2/c1-10-4-3-5-11(2)15(10)20-9-14(19)18-12-6-7-13(16)17-8-12/h3-8H,9H2,1-2H3,(H2,16,17)(H,18,19). The molecule has 1 heterocycles. The quantitative estimate of drug-likeness (QED) is 0.894. The molecule has 5 nitrogen and oxygen atoms in total. The molecular formula is C15H17N3O2. The van der Waals surface area contributed by atoms with Gasteiger partial charge in [0, 0.05) is 0 Å². The van der Waals surface area contributed by atoms with E-state index in [0.29, 0.717) is 11.5 Å². The van der Waals surface area contributed by atoms with Crippen molar-refractivity contribution in [1.29, 1.82) is 0 Å². The van der Waals surface area contributed by atoms with E-state index in [-0.39, 0.29) is 12.5 Å². The van der Waals surface area contributed by atoms with Crippen LogP contribution in [0.1, 0.15) is 11.1 Å². The Balaban J connectivity index is 1.94. The fourth-order valence-corrected chi connectivity index (χ4v) is 1.84. The molecule has 0 radical (unpaired) electrons. The van der Waals surface area contributed by atoms with Gasteiger partial charge in [-0.05, 0) is 37.1 Å².